The smallest absolute Gasteiger partial charge is 0.299 e. The zero-order valence-electron chi connectivity index (χ0n) is 10.9. The van der Waals surface area contributed by atoms with Gasteiger partial charge in [-0.05, 0) is 0 Å². The van der Waals surface area contributed by atoms with Crippen LogP contribution in [0.25, 0.3) is 5.70 Å². The number of hydrogen-bond donors (Lipinski definition) is 5. The first-order valence-electron chi connectivity index (χ1n) is 5.85. The zero-order valence-corrected chi connectivity index (χ0v) is 11.6. The molecule has 1 aromatic rings. The average molecular weight is 308 g/mol. The highest BCUT2D eigenvalue weighted by Gasteiger charge is 2.37. The Morgan fingerprint density at radius 2 is 1.86 bits per heavy atom. The van der Waals surface area contributed by atoms with Gasteiger partial charge in [-0.25, -0.2) is 4.99 Å². The molecule has 110 valence electrons. The summed E-state index contributed by atoms with van der Waals surface area (Å²) >= 11 is 6.08. The quantitative estimate of drug-likeness (QED) is 0.203. The summed E-state index contributed by atoms with van der Waals surface area (Å²) in [5.74, 6) is -3.04. The minimum Gasteiger partial charge on any atom is -0.370 e. The number of halogens is 1. The Bertz CT molecular complexity index is 659. The van der Waals surface area contributed by atoms with Crippen LogP contribution in [0.1, 0.15) is 5.56 Å². The van der Waals surface area contributed by atoms with Crippen LogP contribution in [0.2, 0.25) is 0 Å². The molecule has 8 nitrogen and oxygen atoms in total. The van der Waals surface area contributed by atoms with Crippen LogP contribution >= 0.6 is 11.6 Å². The van der Waals surface area contributed by atoms with Crippen molar-refractivity contribution < 1.29 is 4.79 Å². The highest BCUT2D eigenvalue weighted by Crippen LogP contribution is 2.25. The molecule has 2 rings (SSSR count). The summed E-state index contributed by atoms with van der Waals surface area (Å²) in [5, 5.41) is 2.79. The Kier molecular flexibility index (Phi) is 3.94. The molecule has 1 aromatic carbocycles. The van der Waals surface area contributed by atoms with Crippen molar-refractivity contribution >= 4 is 34.9 Å². The maximum Gasteiger partial charge on any atom is 0.299 e. The van der Waals surface area contributed by atoms with E-state index in [1.165, 1.54) is 0 Å². The fourth-order valence-corrected chi connectivity index (χ4v) is 2.00. The maximum atomic E-state index is 11.9. The Labute approximate surface area is 125 Å². The SMILES string of the molecule is NC(N)=NC(=O)C1=NC(Cl)=C(c2ccccc2)NC1(N)N. The fraction of sp³-hybridized carbons (Fsp3) is 0.0833. The van der Waals surface area contributed by atoms with Gasteiger partial charge in [0.05, 0.1) is 5.70 Å². The Balaban J connectivity index is 2.48. The largest absolute Gasteiger partial charge is 0.370 e. The monoisotopic (exact) mass is 307 g/mol. The van der Waals surface area contributed by atoms with Crippen LogP contribution < -0.4 is 28.3 Å². The normalized spacial score (nSPS) is 16.8. The van der Waals surface area contributed by atoms with Crippen molar-refractivity contribution in [2.45, 2.75) is 5.79 Å². The van der Waals surface area contributed by atoms with E-state index in [2.05, 4.69) is 15.3 Å². The van der Waals surface area contributed by atoms with Crippen LogP contribution in [0, 0.1) is 0 Å². The van der Waals surface area contributed by atoms with Crippen LogP contribution in [0.5, 0.6) is 0 Å². The molecule has 0 saturated heterocycles. The third-order valence-corrected chi connectivity index (χ3v) is 2.91. The van der Waals surface area contributed by atoms with Crippen LogP contribution in [0.3, 0.4) is 0 Å². The van der Waals surface area contributed by atoms with E-state index >= 15 is 0 Å². The van der Waals surface area contributed by atoms with Crippen LogP contribution in [0.15, 0.2) is 45.5 Å². The zero-order chi connectivity index (χ0) is 15.6. The predicted octanol–water partition coefficient (Wildman–Crippen LogP) is -1.03. The summed E-state index contributed by atoms with van der Waals surface area (Å²) in [6.07, 6.45) is 0. The minimum absolute atomic E-state index is 0.0295. The number of nitrogens with two attached hydrogens (primary N) is 4. The Hall–Kier alpha value is -2.42. The van der Waals surface area contributed by atoms with Gasteiger partial charge in [0.2, 0.25) is 0 Å². The number of amides is 1. The lowest BCUT2D eigenvalue weighted by Gasteiger charge is -2.31. The lowest BCUT2D eigenvalue weighted by atomic mass is 10.1. The Morgan fingerprint density at radius 3 is 2.43 bits per heavy atom. The topological polar surface area (TPSA) is 158 Å². The van der Waals surface area contributed by atoms with Gasteiger partial charge < -0.3 is 16.8 Å². The maximum absolute atomic E-state index is 11.9. The lowest BCUT2D eigenvalue weighted by Crippen LogP contribution is -2.69. The minimum atomic E-state index is -1.75. The number of aliphatic imine (C=N–C) groups is 2. The molecule has 21 heavy (non-hydrogen) atoms. The fourth-order valence-electron chi connectivity index (χ4n) is 1.76. The third kappa shape index (κ3) is 3.19. The first kappa shape index (κ1) is 15.0. The number of carbonyl (C=O) groups is 1. The third-order valence-electron chi connectivity index (χ3n) is 2.64. The van der Waals surface area contributed by atoms with Gasteiger partial charge in [0.15, 0.2) is 22.6 Å². The van der Waals surface area contributed by atoms with Crippen molar-refractivity contribution in [3.05, 3.63) is 41.1 Å². The number of guanidine groups is 1. The van der Waals surface area contributed by atoms with Gasteiger partial charge in [-0.1, -0.05) is 41.9 Å². The van der Waals surface area contributed by atoms with Crippen molar-refractivity contribution in [3.8, 4) is 0 Å². The molecule has 0 aliphatic carbocycles. The van der Waals surface area contributed by atoms with E-state index in [-0.39, 0.29) is 10.9 Å². The summed E-state index contributed by atoms with van der Waals surface area (Å²) in [5.41, 5.74) is 22.8. The molecule has 0 fully saturated rings. The molecule has 0 atom stereocenters. The second kappa shape index (κ2) is 5.52. The molecule has 0 spiro atoms. The summed E-state index contributed by atoms with van der Waals surface area (Å²) in [6.45, 7) is 0. The highest BCUT2D eigenvalue weighted by molar-refractivity contribution is 6.46. The van der Waals surface area contributed by atoms with Crippen molar-refractivity contribution in [1.82, 2.24) is 5.32 Å². The van der Waals surface area contributed by atoms with Crippen molar-refractivity contribution in [3.63, 3.8) is 0 Å². The predicted molar refractivity (Wildman–Crippen MR) is 81.7 cm³/mol. The summed E-state index contributed by atoms with van der Waals surface area (Å²) in [7, 11) is 0. The summed E-state index contributed by atoms with van der Waals surface area (Å²) < 4.78 is 0. The van der Waals surface area contributed by atoms with Gasteiger partial charge in [-0.15, -0.1) is 0 Å². The molecule has 1 heterocycles. The van der Waals surface area contributed by atoms with Crippen LogP contribution in [-0.4, -0.2) is 23.4 Å². The van der Waals surface area contributed by atoms with Crippen LogP contribution in [-0.2, 0) is 4.79 Å². The van der Waals surface area contributed by atoms with E-state index in [1.807, 2.05) is 18.2 Å². The van der Waals surface area contributed by atoms with Crippen LogP contribution in [0.4, 0.5) is 0 Å². The molecular formula is C12H14ClN7O. The summed E-state index contributed by atoms with van der Waals surface area (Å²) in [4.78, 5) is 19.1. The number of rotatable bonds is 2. The average Bonchev–Trinajstić information content (AvgIpc) is 2.41. The molecule has 0 saturated carbocycles. The second-order valence-corrected chi connectivity index (χ2v) is 4.69. The van der Waals surface area contributed by atoms with Gasteiger partial charge in [0.1, 0.15) is 0 Å². The van der Waals surface area contributed by atoms with Crippen molar-refractivity contribution in [1.29, 1.82) is 0 Å². The second-order valence-electron chi connectivity index (χ2n) is 4.33. The molecule has 0 radical (unpaired) electrons. The van der Waals surface area contributed by atoms with E-state index < -0.39 is 17.7 Å². The molecule has 1 aliphatic heterocycles. The molecule has 0 bridgehead atoms. The number of carbonyl (C=O) groups excluding carboxylic acids is 1. The highest BCUT2D eigenvalue weighted by atomic mass is 35.5. The standard InChI is InChI=1S/C12H14ClN7O/c13-9-7(6-4-2-1-3-5-6)20-12(16,17)8(18-9)10(21)19-11(14)15/h1-5,20H,16-17H2,(H4,14,15,19,21). The van der Waals surface area contributed by atoms with Gasteiger partial charge in [0.25, 0.3) is 5.91 Å². The van der Waals surface area contributed by atoms with Gasteiger partial charge in [0, 0.05) is 5.56 Å². The first-order valence-corrected chi connectivity index (χ1v) is 6.23. The molecule has 1 amide bonds. The molecule has 0 aromatic heterocycles. The lowest BCUT2D eigenvalue weighted by molar-refractivity contribution is -0.112. The van der Waals surface area contributed by atoms with E-state index in [9.17, 15) is 4.79 Å². The first-order chi connectivity index (χ1) is 9.81. The number of benzene rings is 1. The van der Waals surface area contributed by atoms with Gasteiger partial charge in [-0.3, -0.25) is 16.3 Å². The molecule has 9 heteroatoms. The van der Waals surface area contributed by atoms with Crippen molar-refractivity contribution in [2.24, 2.45) is 32.9 Å². The molecule has 1 aliphatic rings. The molecular weight excluding hydrogens is 294 g/mol. The van der Waals surface area contributed by atoms with Gasteiger partial charge >= 0.3 is 0 Å². The van der Waals surface area contributed by atoms with E-state index in [1.54, 1.807) is 12.1 Å². The van der Waals surface area contributed by atoms with E-state index in [4.69, 9.17) is 34.5 Å². The van der Waals surface area contributed by atoms with E-state index in [0.29, 0.717) is 5.70 Å². The van der Waals surface area contributed by atoms with E-state index in [0.717, 1.165) is 5.56 Å². The van der Waals surface area contributed by atoms with Gasteiger partial charge in [-0.2, -0.15) is 4.99 Å². The summed E-state index contributed by atoms with van der Waals surface area (Å²) in [6, 6.07) is 9.05. The molecule has 9 N–H and O–H groups in total. The van der Waals surface area contributed by atoms with Crippen molar-refractivity contribution in [2.75, 3.05) is 0 Å². The number of hydrogen-bond acceptors (Lipinski definition) is 5. The number of nitrogens with zero attached hydrogens (tertiary/aromatic N) is 2. The molecule has 0 unspecified atom stereocenters. The number of nitrogens with one attached hydrogen (secondary N) is 1. The Morgan fingerprint density at radius 1 is 1.24 bits per heavy atom.